The molecule has 114 valence electrons. The monoisotopic (exact) mass is 298 g/mol. The van der Waals surface area contributed by atoms with Crippen molar-refractivity contribution >= 4 is 11.1 Å². The predicted octanol–water partition coefficient (Wildman–Crippen LogP) is 6.36. The number of allylic oxidation sites excluding steroid dienone is 5. The van der Waals surface area contributed by atoms with Gasteiger partial charge in [-0.1, -0.05) is 79.8 Å². The van der Waals surface area contributed by atoms with Crippen molar-refractivity contribution in [1.29, 1.82) is 0 Å². The maximum atomic E-state index is 4.31. The second-order valence-electron chi connectivity index (χ2n) is 6.44. The molecular weight excluding hydrogens is 276 g/mol. The normalized spacial score (nSPS) is 18.7. The number of rotatable bonds is 3. The quantitative estimate of drug-likeness (QED) is 0.618. The van der Waals surface area contributed by atoms with Crippen LogP contribution in [-0.2, 0) is 0 Å². The molecule has 0 heteroatoms. The van der Waals surface area contributed by atoms with Crippen molar-refractivity contribution in [2.45, 2.75) is 32.1 Å². The van der Waals surface area contributed by atoms with Gasteiger partial charge in [-0.2, -0.15) is 0 Å². The predicted molar refractivity (Wildman–Crippen MR) is 99.3 cm³/mol. The van der Waals surface area contributed by atoms with Crippen LogP contribution >= 0.6 is 0 Å². The summed E-state index contributed by atoms with van der Waals surface area (Å²) in [4.78, 5) is 0. The Morgan fingerprint density at radius 3 is 2.61 bits per heavy atom. The lowest BCUT2D eigenvalue weighted by Gasteiger charge is -2.22. The highest BCUT2D eigenvalue weighted by molar-refractivity contribution is 5.87. The number of hydrogen-bond donors (Lipinski definition) is 0. The first-order valence-corrected chi connectivity index (χ1v) is 8.57. The van der Waals surface area contributed by atoms with Crippen LogP contribution < -0.4 is 0 Å². The van der Waals surface area contributed by atoms with E-state index in [0.717, 1.165) is 19.3 Å². The minimum Gasteiger partial charge on any atom is -0.0952 e. The fourth-order valence-corrected chi connectivity index (χ4v) is 4.04. The maximum Gasteiger partial charge on any atom is 0.0320 e. The van der Waals surface area contributed by atoms with Gasteiger partial charge in [0.25, 0.3) is 0 Å². The molecule has 0 radical (unpaired) electrons. The molecule has 2 aliphatic rings. The van der Waals surface area contributed by atoms with Gasteiger partial charge in [0.2, 0.25) is 0 Å². The Labute approximate surface area is 138 Å². The average Bonchev–Trinajstić information content (AvgIpc) is 2.95. The third kappa shape index (κ3) is 2.21. The number of hydrogen-bond acceptors (Lipinski definition) is 0. The van der Waals surface area contributed by atoms with E-state index in [9.17, 15) is 0 Å². The summed E-state index contributed by atoms with van der Waals surface area (Å²) in [5.74, 6) is 0.394. The minimum atomic E-state index is 0.394. The molecule has 0 aliphatic heterocycles. The van der Waals surface area contributed by atoms with Crippen LogP contribution in [0.5, 0.6) is 0 Å². The largest absolute Gasteiger partial charge is 0.0952 e. The van der Waals surface area contributed by atoms with Gasteiger partial charge >= 0.3 is 0 Å². The molecule has 0 nitrogen and oxygen atoms in total. The van der Waals surface area contributed by atoms with Gasteiger partial charge in [0.15, 0.2) is 0 Å². The van der Waals surface area contributed by atoms with E-state index in [1.165, 1.54) is 33.4 Å². The topological polar surface area (TPSA) is 0 Å². The Morgan fingerprint density at radius 2 is 1.78 bits per heavy atom. The van der Waals surface area contributed by atoms with Crippen LogP contribution in [0.15, 0.2) is 72.8 Å². The molecule has 2 aromatic rings. The lowest BCUT2D eigenvalue weighted by molar-refractivity contribution is 0.854. The van der Waals surface area contributed by atoms with Crippen LogP contribution in [0.25, 0.3) is 11.1 Å². The third-order valence-corrected chi connectivity index (χ3v) is 5.20. The van der Waals surface area contributed by atoms with Gasteiger partial charge in [0.05, 0.1) is 0 Å². The summed E-state index contributed by atoms with van der Waals surface area (Å²) in [6.45, 7) is 6.50. The van der Waals surface area contributed by atoms with Crippen molar-refractivity contribution in [3.05, 3.63) is 95.1 Å². The summed E-state index contributed by atoms with van der Waals surface area (Å²) in [5, 5.41) is 0. The Kier molecular flexibility index (Phi) is 3.53. The van der Waals surface area contributed by atoms with Gasteiger partial charge in [-0.05, 0) is 52.7 Å². The van der Waals surface area contributed by atoms with Crippen molar-refractivity contribution < 1.29 is 0 Å². The zero-order valence-corrected chi connectivity index (χ0v) is 13.7. The van der Waals surface area contributed by atoms with Gasteiger partial charge < -0.3 is 0 Å². The highest BCUT2D eigenvalue weighted by Gasteiger charge is 2.32. The summed E-state index contributed by atoms with van der Waals surface area (Å²) in [6, 6.07) is 17.7. The van der Waals surface area contributed by atoms with Gasteiger partial charge in [-0.3, -0.25) is 0 Å². The first kappa shape index (κ1) is 14.3. The van der Waals surface area contributed by atoms with Crippen molar-refractivity contribution in [3.63, 3.8) is 0 Å². The van der Waals surface area contributed by atoms with Crippen molar-refractivity contribution in [2.24, 2.45) is 0 Å². The van der Waals surface area contributed by atoms with E-state index < -0.39 is 0 Å². The van der Waals surface area contributed by atoms with Gasteiger partial charge in [-0.15, -0.1) is 0 Å². The van der Waals surface area contributed by atoms with Crippen LogP contribution in [-0.4, -0.2) is 0 Å². The smallest absolute Gasteiger partial charge is 0.0320 e. The first-order chi connectivity index (χ1) is 11.3. The highest BCUT2D eigenvalue weighted by Crippen LogP contribution is 2.50. The minimum absolute atomic E-state index is 0.394. The summed E-state index contributed by atoms with van der Waals surface area (Å²) in [5.41, 5.74) is 9.91. The molecular formula is C23H22. The molecule has 23 heavy (non-hydrogen) atoms. The molecule has 0 aromatic heterocycles. The van der Waals surface area contributed by atoms with Gasteiger partial charge in [-0.25, -0.2) is 0 Å². The first-order valence-electron chi connectivity index (χ1n) is 8.57. The second kappa shape index (κ2) is 5.70. The standard InChI is InChI=1S/C23H22/c1-3-16(2)17-10-4-7-13-20(17)23-21-14-8-5-11-18(21)19-12-6-9-15-22(19)23/h4-8,10-14,23H,2-3,9,15H2,1H3. The molecule has 1 atom stereocenters. The number of fused-ring (bicyclic) bond motifs is 2. The fraction of sp³-hybridized carbons (Fsp3) is 0.217. The van der Waals surface area contributed by atoms with Crippen LogP contribution in [0, 0.1) is 0 Å². The van der Waals surface area contributed by atoms with Crippen LogP contribution in [0.3, 0.4) is 0 Å². The zero-order chi connectivity index (χ0) is 15.8. The van der Waals surface area contributed by atoms with Crippen molar-refractivity contribution in [2.75, 3.05) is 0 Å². The van der Waals surface area contributed by atoms with E-state index in [1.54, 1.807) is 5.57 Å². The molecule has 0 fully saturated rings. The van der Waals surface area contributed by atoms with E-state index in [1.807, 2.05) is 0 Å². The summed E-state index contributed by atoms with van der Waals surface area (Å²) in [6.07, 6.45) is 7.96. The average molecular weight is 298 g/mol. The third-order valence-electron chi connectivity index (χ3n) is 5.20. The molecule has 0 bridgehead atoms. The van der Waals surface area contributed by atoms with Crippen molar-refractivity contribution in [3.8, 4) is 0 Å². The van der Waals surface area contributed by atoms with E-state index in [-0.39, 0.29) is 0 Å². The lowest BCUT2D eigenvalue weighted by atomic mass is 9.81. The Hall–Kier alpha value is -2.34. The molecule has 0 N–H and O–H groups in total. The summed E-state index contributed by atoms with van der Waals surface area (Å²) in [7, 11) is 0. The van der Waals surface area contributed by atoms with E-state index in [4.69, 9.17) is 0 Å². The molecule has 2 aromatic carbocycles. The molecule has 0 heterocycles. The van der Waals surface area contributed by atoms with Crippen LogP contribution in [0.1, 0.15) is 54.4 Å². The SMILES string of the molecule is C=C(CC)c1ccccc1C1C2=C(C=CCC2)c2ccccc21. The molecule has 2 aliphatic carbocycles. The van der Waals surface area contributed by atoms with E-state index >= 15 is 0 Å². The van der Waals surface area contributed by atoms with Crippen molar-refractivity contribution in [1.82, 2.24) is 0 Å². The zero-order valence-electron chi connectivity index (χ0n) is 13.7. The Bertz CT molecular complexity index is 833. The molecule has 0 amide bonds. The van der Waals surface area contributed by atoms with Crippen LogP contribution in [0.2, 0.25) is 0 Å². The highest BCUT2D eigenvalue weighted by atomic mass is 14.4. The molecule has 0 spiro atoms. The maximum absolute atomic E-state index is 4.31. The lowest BCUT2D eigenvalue weighted by Crippen LogP contribution is -2.05. The van der Waals surface area contributed by atoms with Gasteiger partial charge in [0, 0.05) is 5.92 Å². The van der Waals surface area contributed by atoms with Crippen LogP contribution in [0.4, 0.5) is 0 Å². The van der Waals surface area contributed by atoms with E-state index in [2.05, 4.69) is 74.2 Å². The molecule has 0 saturated carbocycles. The Morgan fingerprint density at radius 1 is 1.04 bits per heavy atom. The second-order valence-corrected chi connectivity index (χ2v) is 6.44. The van der Waals surface area contributed by atoms with Gasteiger partial charge in [0.1, 0.15) is 0 Å². The Balaban J connectivity index is 1.94. The molecule has 1 unspecified atom stereocenters. The number of benzene rings is 2. The molecule has 0 saturated heterocycles. The van der Waals surface area contributed by atoms with E-state index in [0.29, 0.717) is 5.92 Å². The summed E-state index contributed by atoms with van der Waals surface area (Å²) >= 11 is 0. The fourth-order valence-electron chi connectivity index (χ4n) is 4.04. The molecule has 4 rings (SSSR count). The summed E-state index contributed by atoms with van der Waals surface area (Å²) < 4.78 is 0.